The fourth-order valence-corrected chi connectivity index (χ4v) is 3.01. The van der Waals surface area contributed by atoms with E-state index in [1.54, 1.807) is 18.2 Å². The van der Waals surface area contributed by atoms with Crippen LogP contribution in [-0.4, -0.2) is 12.2 Å². The molecule has 0 radical (unpaired) electrons. The molecule has 0 atom stereocenters. The molecule has 0 amide bonds. The molecule has 1 N–H and O–H groups in total. The van der Waals surface area contributed by atoms with Gasteiger partial charge in [-0.2, -0.15) is 0 Å². The van der Waals surface area contributed by atoms with Gasteiger partial charge in [0, 0.05) is 10.9 Å². The fourth-order valence-electron chi connectivity index (χ4n) is 2.39. The van der Waals surface area contributed by atoms with E-state index in [2.05, 4.69) is 22.0 Å². The minimum absolute atomic E-state index is 0.105. The van der Waals surface area contributed by atoms with Crippen molar-refractivity contribution in [3.63, 3.8) is 0 Å². The molecule has 3 rings (SSSR count). The van der Waals surface area contributed by atoms with Crippen molar-refractivity contribution in [3.05, 3.63) is 52.5 Å². The summed E-state index contributed by atoms with van der Waals surface area (Å²) in [5.41, 5.74) is 2.76. The van der Waals surface area contributed by atoms with Gasteiger partial charge in [-0.25, -0.2) is 0 Å². The van der Waals surface area contributed by atoms with Gasteiger partial charge >= 0.3 is 0 Å². The Kier molecular flexibility index (Phi) is 3.94. The van der Waals surface area contributed by atoms with Gasteiger partial charge in [0.25, 0.3) is 0 Å². The number of rotatable bonds is 3. The van der Waals surface area contributed by atoms with E-state index in [4.69, 9.17) is 9.15 Å². The molecular weight excluding hydrogens is 344 g/mol. The number of halogens is 1. The Morgan fingerprint density at radius 1 is 1.18 bits per heavy atom. The molecule has 1 heterocycles. The van der Waals surface area contributed by atoms with E-state index >= 15 is 0 Å². The number of methoxy groups -OCH3 is 1. The van der Waals surface area contributed by atoms with Gasteiger partial charge in [-0.05, 0) is 58.7 Å². The molecule has 112 valence electrons. The van der Waals surface area contributed by atoms with Crippen LogP contribution in [0.1, 0.15) is 12.5 Å². The number of fused-ring (bicyclic) bond motifs is 1. The first-order chi connectivity index (χ1) is 10.6. The summed E-state index contributed by atoms with van der Waals surface area (Å²) in [7, 11) is 1.52. The molecule has 0 aliphatic rings. The lowest BCUT2D eigenvalue weighted by Gasteiger charge is -2.05. The molecule has 1 aromatic heterocycles. The molecule has 4 heteroatoms. The zero-order valence-corrected chi connectivity index (χ0v) is 13.8. The van der Waals surface area contributed by atoms with Gasteiger partial charge in [-0.15, -0.1) is 0 Å². The normalized spacial score (nSPS) is 11.4. The summed E-state index contributed by atoms with van der Waals surface area (Å²) in [6.07, 6.45) is 4.04. The second-order valence-corrected chi connectivity index (χ2v) is 5.68. The summed E-state index contributed by atoms with van der Waals surface area (Å²) >= 11 is 3.62. The molecule has 0 spiro atoms. The van der Waals surface area contributed by atoms with Gasteiger partial charge < -0.3 is 14.3 Å². The van der Waals surface area contributed by atoms with Gasteiger partial charge in [0.1, 0.15) is 11.3 Å². The third kappa shape index (κ3) is 2.50. The van der Waals surface area contributed by atoms with E-state index < -0.39 is 0 Å². The van der Waals surface area contributed by atoms with Gasteiger partial charge in [-0.1, -0.05) is 18.2 Å². The van der Waals surface area contributed by atoms with Crippen LogP contribution in [0, 0.1) is 0 Å². The first-order valence-corrected chi connectivity index (χ1v) is 7.65. The molecule has 0 aliphatic carbocycles. The number of allylic oxidation sites excluding steroid dienone is 1. The highest BCUT2D eigenvalue weighted by atomic mass is 79.9. The van der Waals surface area contributed by atoms with Crippen LogP contribution < -0.4 is 4.74 Å². The molecule has 2 aromatic carbocycles. The second-order valence-electron chi connectivity index (χ2n) is 4.89. The van der Waals surface area contributed by atoms with Crippen LogP contribution in [0.4, 0.5) is 0 Å². The Balaban J connectivity index is 2.17. The molecule has 22 heavy (non-hydrogen) atoms. The van der Waals surface area contributed by atoms with Crippen LogP contribution in [0.5, 0.6) is 11.5 Å². The van der Waals surface area contributed by atoms with Crippen molar-refractivity contribution >= 4 is 33.0 Å². The summed E-state index contributed by atoms with van der Waals surface area (Å²) in [5, 5.41) is 10.7. The topological polar surface area (TPSA) is 42.6 Å². The quantitative estimate of drug-likeness (QED) is 0.661. The first kappa shape index (κ1) is 14.7. The lowest BCUT2D eigenvalue weighted by atomic mass is 10.1. The molecule has 3 nitrogen and oxygen atoms in total. The molecule has 0 aliphatic heterocycles. The fraction of sp³-hybridized carbons (Fsp3) is 0.111. The van der Waals surface area contributed by atoms with Crippen LogP contribution >= 0.6 is 15.9 Å². The Morgan fingerprint density at radius 3 is 2.73 bits per heavy atom. The highest BCUT2D eigenvalue weighted by Crippen LogP contribution is 2.40. The van der Waals surface area contributed by atoms with Gasteiger partial charge in [0.2, 0.25) is 0 Å². The lowest BCUT2D eigenvalue weighted by Crippen LogP contribution is -1.84. The number of ether oxygens (including phenoxy) is 1. The van der Waals surface area contributed by atoms with E-state index in [9.17, 15) is 5.11 Å². The molecular formula is C18H15BrO3. The van der Waals surface area contributed by atoms with Gasteiger partial charge in [0.15, 0.2) is 11.5 Å². The summed E-state index contributed by atoms with van der Waals surface area (Å²) in [6.45, 7) is 1.99. The average molecular weight is 359 g/mol. The van der Waals surface area contributed by atoms with Crippen LogP contribution in [0.3, 0.4) is 0 Å². The average Bonchev–Trinajstić information content (AvgIpc) is 2.85. The lowest BCUT2D eigenvalue weighted by molar-refractivity contribution is 0.373. The largest absolute Gasteiger partial charge is 0.504 e. The van der Waals surface area contributed by atoms with Crippen molar-refractivity contribution in [2.75, 3.05) is 7.11 Å². The monoisotopic (exact) mass is 358 g/mol. The zero-order chi connectivity index (χ0) is 15.7. The number of phenols is 1. The van der Waals surface area contributed by atoms with Gasteiger partial charge in [-0.3, -0.25) is 0 Å². The number of benzene rings is 2. The van der Waals surface area contributed by atoms with E-state index in [0.29, 0.717) is 11.5 Å². The highest BCUT2D eigenvalue weighted by Gasteiger charge is 2.15. The maximum Gasteiger partial charge on any atom is 0.161 e. The van der Waals surface area contributed by atoms with Crippen molar-refractivity contribution < 1.29 is 14.3 Å². The van der Waals surface area contributed by atoms with E-state index in [0.717, 1.165) is 26.6 Å². The minimum Gasteiger partial charge on any atom is -0.504 e. The van der Waals surface area contributed by atoms with Crippen molar-refractivity contribution in [2.24, 2.45) is 0 Å². The number of hydrogen-bond acceptors (Lipinski definition) is 3. The van der Waals surface area contributed by atoms with Crippen LogP contribution in [0.15, 0.2) is 51.4 Å². The number of aromatic hydroxyl groups is 1. The summed E-state index contributed by atoms with van der Waals surface area (Å²) < 4.78 is 12.0. The van der Waals surface area contributed by atoms with E-state index in [1.165, 1.54) is 7.11 Å². The Hall–Kier alpha value is -2.20. The Morgan fingerprint density at radius 2 is 2.00 bits per heavy atom. The number of phenolic OH excluding ortho intramolecular Hbond substituents is 1. The maximum absolute atomic E-state index is 9.71. The van der Waals surface area contributed by atoms with Crippen molar-refractivity contribution in [1.82, 2.24) is 0 Å². The second kappa shape index (κ2) is 5.89. The Bertz CT molecular complexity index is 862. The number of furan rings is 1. The van der Waals surface area contributed by atoms with Gasteiger partial charge in [0.05, 0.1) is 11.6 Å². The van der Waals surface area contributed by atoms with Crippen LogP contribution in [-0.2, 0) is 0 Å². The maximum atomic E-state index is 9.71. The van der Waals surface area contributed by atoms with E-state index in [1.807, 2.05) is 31.2 Å². The van der Waals surface area contributed by atoms with Crippen molar-refractivity contribution in [3.8, 4) is 22.8 Å². The third-order valence-corrected chi connectivity index (χ3v) is 4.24. The molecule has 0 bridgehead atoms. The van der Waals surface area contributed by atoms with Crippen molar-refractivity contribution in [2.45, 2.75) is 6.92 Å². The smallest absolute Gasteiger partial charge is 0.161 e. The van der Waals surface area contributed by atoms with Crippen LogP contribution in [0.25, 0.3) is 28.4 Å². The summed E-state index contributed by atoms with van der Waals surface area (Å²) in [6, 6.07) is 11.2. The third-order valence-electron chi connectivity index (χ3n) is 3.45. The summed E-state index contributed by atoms with van der Waals surface area (Å²) in [5.74, 6) is 1.24. The van der Waals surface area contributed by atoms with Crippen molar-refractivity contribution in [1.29, 1.82) is 0 Å². The number of hydrogen-bond donors (Lipinski definition) is 1. The zero-order valence-electron chi connectivity index (χ0n) is 12.3. The predicted octanol–water partition coefficient (Wildman–Crippen LogP) is 5.61. The molecule has 0 saturated carbocycles. The molecule has 3 aromatic rings. The SMILES string of the molecule is C/C=C/c1ccc2oc(-c3ccc(O)c(OC)c3)c(Br)c2c1. The first-order valence-electron chi connectivity index (χ1n) is 6.86. The minimum atomic E-state index is 0.105. The predicted molar refractivity (Wildman–Crippen MR) is 92.3 cm³/mol. The van der Waals surface area contributed by atoms with Crippen LogP contribution in [0.2, 0.25) is 0 Å². The molecule has 0 fully saturated rings. The summed E-state index contributed by atoms with van der Waals surface area (Å²) in [4.78, 5) is 0. The standard InChI is InChI=1S/C18H15BrO3/c1-3-4-11-5-8-15-13(9-11)17(19)18(22-15)12-6-7-14(20)16(10-12)21-2/h3-10,20H,1-2H3/b4-3+. The van der Waals surface area contributed by atoms with E-state index in [-0.39, 0.29) is 5.75 Å². The highest BCUT2D eigenvalue weighted by molar-refractivity contribution is 9.10. The molecule has 0 unspecified atom stereocenters. The molecule has 0 saturated heterocycles. The Labute approximate surface area is 137 Å².